The second-order valence-corrected chi connectivity index (χ2v) is 4.00. The van der Waals surface area contributed by atoms with Gasteiger partial charge in [0.25, 0.3) is 0 Å². The number of nitrogens with zero attached hydrogens (tertiary/aromatic N) is 3. The number of hydrogen-bond donors (Lipinski definition) is 1. The normalized spacial score (nSPS) is 11.5. The van der Waals surface area contributed by atoms with Crippen molar-refractivity contribution < 1.29 is 0 Å². The van der Waals surface area contributed by atoms with Crippen molar-refractivity contribution in [2.24, 2.45) is 5.73 Å². The van der Waals surface area contributed by atoms with Crippen molar-refractivity contribution in [3.05, 3.63) is 29.7 Å². The molecule has 2 heterocycles. The van der Waals surface area contributed by atoms with Gasteiger partial charge < -0.3 is 5.73 Å². The zero-order valence-corrected chi connectivity index (χ0v) is 9.14. The molecule has 4 nitrogen and oxygen atoms in total. The molecular formula is C11H16N4. The number of aromatic nitrogens is 3. The fourth-order valence-corrected chi connectivity index (χ4v) is 1.51. The Hall–Kier alpha value is -1.42. The molecule has 0 saturated heterocycles. The number of nitrogens with two attached hydrogens (primary N) is 1. The Morgan fingerprint density at radius 2 is 2.27 bits per heavy atom. The second kappa shape index (κ2) is 3.98. The molecule has 2 N–H and O–H groups in total. The average molecular weight is 204 g/mol. The maximum absolute atomic E-state index is 5.52. The van der Waals surface area contributed by atoms with Gasteiger partial charge in [-0.2, -0.15) is 5.10 Å². The summed E-state index contributed by atoms with van der Waals surface area (Å²) in [6.07, 6.45) is 2.83. The van der Waals surface area contributed by atoms with Crippen molar-refractivity contribution >= 4 is 5.65 Å². The van der Waals surface area contributed by atoms with Crippen LogP contribution in [0.3, 0.4) is 0 Å². The van der Waals surface area contributed by atoms with Gasteiger partial charge in [0.15, 0.2) is 11.5 Å². The van der Waals surface area contributed by atoms with E-state index in [1.54, 1.807) is 0 Å². The van der Waals surface area contributed by atoms with Crippen molar-refractivity contribution in [3.8, 4) is 0 Å². The van der Waals surface area contributed by atoms with Crippen LogP contribution < -0.4 is 5.73 Å². The van der Waals surface area contributed by atoms with Crippen molar-refractivity contribution in [1.29, 1.82) is 0 Å². The summed E-state index contributed by atoms with van der Waals surface area (Å²) in [5.41, 5.74) is 7.64. The zero-order chi connectivity index (χ0) is 10.8. The van der Waals surface area contributed by atoms with E-state index in [1.165, 1.54) is 5.56 Å². The van der Waals surface area contributed by atoms with E-state index in [1.807, 2.05) is 22.8 Å². The first-order valence-electron chi connectivity index (χ1n) is 5.26. The lowest BCUT2D eigenvalue weighted by Gasteiger charge is -1.97. The second-order valence-electron chi connectivity index (χ2n) is 4.00. The lowest BCUT2D eigenvalue weighted by atomic mass is 10.2. The van der Waals surface area contributed by atoms with Crippen molar-refractivity contribution in [3.63, 3.8) is 0 Å². The topological polar surface area (TPSA) is 56.2 Å². The van der Waals surface area contributed by atoms with Crippen LogP contribution in [0.1, 0.15) is 31.2 Å². The van der Waals surface area contributed by atoms with Gasteiger partial charge >= 0.3 is 0 Å². The standard InChI is InChI=1S/C11H16N4/c1-8(2)11-13-10-7-9(3-5-12)4-6-15(10)14-11/h4,6-8H,3,5,12H2,1-2H3. The predicted octanol–water partition coefficient (Wildman–Crippen LogP) is 1.35. The molecule has 0 aromatic carbocycles. The predicted molar refractivity (Wildman–Crippen MR) is 59.8 cm³/mol. The highest BCUT2D eigenvalue weighted by molar-refractivity contribution is 5.40. The third-order valence-electron chi connectivity index (χ3n) is 2.37. The van der Waals surface area contributed by atoms with Crippen LogP contribution in [0.15, 0.2) is 18.3 Å². The van der Waals surface area contributed by atoms with Gasteiger partial charge in [-0.3, -0.25) is 0 Å². The molecule has 2 aromatic heterocycles. The van der Waals surface area contributed by atoms with Crippen LogP contribution in [0.2, 0.25) is 0 Å². The van der Waals surface area contributed by atoms with Crippen LogP contribution in [0.25, 0.3) is 5.65 Å². The first kappa shape index (κ1) is 10.1. The van der Waals surface area contributed by atoms with E-state index in [0.717, 1.165) is 17.9 Å². The maximum Gasteiger partial charge on any atom is 0.155 e. The van der Waals surface area contributed by atoms with E-state index in [4.69, 9.17) is 5.73 Å². The van der Waals surface area contributed by atoms with Gasteiger partial charge in [-0.15, -0.1) is 0 Å². The summed E-state index contributed by atoms with van der Waals surface area (Å²) >= 11 is 0. The van der Waals surface area contributed by atoms with E-state index in [0.29, 0.717) is 12.5 Å². The summed E-state index contributed by atoms with van der Waals surface area (Å²) in [7, 11) is 0. The molecule has 0 bridgehead atoms. The van der Waals surface area contributed by atoms with E-state index >= 15 is 0 Å². The minimum atomic E-state index is 0.364. The molecule has 15 heavy (non-hydrogen) atoms. The Morgan fingerprint density at radius 1 is 1.47 bits per heavy atom. The highest BCUT2D eigenvalue weighted by Crippen LogP contribution is 2.12. The van der Waals surface area contributed by atoms with Gasteiger partial charge in [0.2, 0.25) is 0 Å². The maximum atomic E-state index is 5.52. The van der Waals surface area contributed by atoms with Crippen molar-refractivity contribution in [2.45, 2.75) is 26.2 Å². The Morgan fingerprint density at radius 3 is 2.93 bits per heavy atom. The third kappa shape index (κ3) is 1.99. The van der Waals surface area contributed by atoms with E-state index in [2.05, 4.69) is 23.9 Å². The smallest absolute Gasteiger partial charge is 0.155 e. The summed E-state index contributed by atoms with van der Waals surface area (Å²) in [5.74, 6) is 1.25. The van der Waals surface area contributed by atoms with E-state index in [-0.39, 0.29) is 0 Å². The molecule has 0 radical (unpaired) electrons. The Labute approximate surface area is 89.1 Å². The first-order valence-corrected chi connectivity index (χ1v) is 5.26. The Balaban J connectivity index is 2.43. The van der Waals surface area contributed by atoms with Crippen LogP contribution in [0, 0.1) is 0 Å². The van der Waals surface area contributed by atoms with Gasteiger partial charge in [0, 0.05) is 12.1 Å². The summed E-state index contributed by atoms with van der Waals surface area (Å²) in [5, 5.41) is 4.39. The fraction of sp³-hybridized carbons (Fsp3) is 0.455. The quantitative estimate of drug-likeness (QED) is 0.821. The van der Waals surface area contributed by atoms with E-state index in [9.17, 15) is 0 Å². The minimum Gasteiger partial charge on any atom is -0.330 e. The highest BCUT2D eigenvalue weighted by atomic mass is 15.3. The average Bonchev–Trinajstić information content (AvgIpc) is 2.61. The SMILES string of the molecule is CC(C)c1nc2cc(CCN)ccn2n1. The molecule has 80 valence electrons. The molecule has 0 atom stereocenters. The number of rotatable bonds is 3. The molecule has 2 rings (SSSR count). The summed E-state index contributed by atoms with van der Waals surface area (Å²) in [6.45, 7) is 4.85. The molecule has 0 saturated carbocycles. The molecule has 0 aliphatic carbocycles. The molecule has 0 spiro atoms. The molecule has 0 fully saturated rings. The third-order valence-corrected chi connectivity index (χ3v) is 2.37. The van der Waals surface area contributed by atoms with Crippen molar-refractivity contribution in [2.75, 3.05) is 6.54 Å². The Kier molecular flexibility index (Phi) is 2.68. The molecule has 2 aromatic rings. The molecule has 0 unspecified atom stereocenters. The van der Waals surface area contributed by atoms with E-state index < -0.39 is 0 Å². The summed E-state index contributed by atoms with van der Waals surface area (Å²) < 4.78 is 1.81. The van der Waals surface area contributed by atoms with Gasteiger partial charge in [0.05, 0.1) is 0 Å². The molecule has 0 aliphatic heterocycles. The Bertz CT molecular complexity index is 459. The first-order chi connectivity index (χ1) is 7.20. The van der Waals surface area contributed by atoms with Gasteiger partial charge in [-0.05, 0) is 30.7 Å². The fourth-order valence-electron chi connectivity index (χ4n) is 1.51. The van der Waals surface area contributed by atoms with Gasteiger partial charge in [-0.1, -0.05) is 13.8 Å². The monoisotopic (exact) mass is 204 g/mol. The van der Waals surface area contributed by atoms with Gasteiger partial charge in [0.1, 0.15) is 0 Å². The highest BCUT2D eigenvalue weighted by Gasteiger charge is 2.07. The summed E-state index contributed by atoms with van der Waals surface area (Å²) in [6, 6.07) is 4.09. The largest absolute Gasteiger partial charge is 0.330 e. The lowest BCUT2D eigenvalue weighted by Crippen LogP contribution is -2.03. The zero-order valence-electron chi connectivity index (χ0n) is 9.14. The van der Waals surface area contributed by atoms with Crippen LogP contribution in [0.4, 0.5) is 0 Å². The van der Waals surface area contributed by atoms with Crippen molar-refractivity contribution in [1.82, 2.24) is 14.6 Å². The lowest BCUT2D eigenvalue weighted by molar-refractivity contribution is 0.765. The minimum absolute atomic E-state index is 0.364. The molecular weight excluding hydrogens is 188 g/mol. The number of hydrogen-bond acceptors (Lipinski definition) is 3. The molecule has 0 amide bonds. The number of pyridine rings is 1. The van der Waals surface area contributed by atoms with Crippen LogP contribution >= 0.6 is 0 Å². The summed E-state index contributed by atoms with van der Waals surface area (Å²) in [4.78, 5) is 4.47. The molecule has 4 heteroatoms. The van der Waals surface area contributed by atoms with Gasteiger partial charge in [-0.25, -0.2) is 9.50 Å². The molecule has 0 aliphatic rings. The van der Waals surface area contributed by atoms with Crippen LogP contribution in [-0.4, -0.2) is 21.1 Å². The van der Waals surface area contributed by atoms with Crippen LogP contribution in [-0.2, 0) is 6.42 Å². The number of fused-ring (bicyclic) bond motifs is 1. The van der Waals surface area contributed by atoms with Crippen LogP contribution in [0.5, 0.6) is 0 Å².